The Labute approximate surface area is 369 Å². The molecule has 8 rings (SSSR count). The summed E-state index contributed by atoms with van der Waals surface area (Å²) in [5, 5.41) is 51.1. The molecule has 16 nitrogen and oxygen atoms in total. The average Bonchev–Trinajstić information content (AvgIpc) is 4.16. The monoisotopic (exact) mass is 891 g/mol. The van der Waals surface area contributed by atoms with E-state index in [1.807, 2.05) is 56.0 Å². The Kier molecular flexibility index (Phi) is 11.5. The molecule has 3 aliphatic carbocycles. The average molecular weight is 892 g/mol. The maximum absolute atomic E-state index is 13.3. The van der Waals surface area contributed by atoms with Gasteiger partial charge in [-0.3, -0.25) is 9.52 Å². The molecule has 62 heavy (non-hydrogen) atoms. The van der Waals surface area contributed by atoms with E-state index in [2.05, 4.69) is 34.0 Å². The van der Waals surface area contributed by atoms with Crippen molar-refractivity contribution in [2.24, 2.45) is 22.7 Å². The van der Waals surface area contributed by atoms with Crippen LogP contribution in [0.4, 0.5) is 10.6 Å². The van der Waals surface area contributed by atoms with Gasteiger partial charge in [0.15, 0.2) is 17.4 Å². The summed E-state index contributed by atoms with van der Waals surface area (Å²) in [7, 11) is 0. The van der Waals surface area contributed by atoms with Gasteiger partial charge in [0.1, 0.15) is 22.4 Å². The third-order valence-corrected chi connectivity index (χ3v) is 13.6. The van der Waals surface area contributed by atoms with E-state index in [0.717, 1.165) is 62.5 Å². The largest absolute Gasteiger partial charge is 0.485 e. The van der Waals surface area contributed by atoms with Gasteiger partial charge >= 0.3 is 12.1 Å². The SMILES string of the molecule is CC(C)(C)OC(=O)N1CC(CCCNc2nc(SNC(=O)c3ccc(-n4ccc(OC(O)(O)C(O)(O)C5C6(CC6)C56CC6)n4)nc3Cl)ccc2OCc2ccccc2)CC1(C)C. The summed E-state index contributed by atoms with van der Waals surface area (Å²) in [6, 6.07) is 17.6. The van der Waals surface area contributed by atoms with Crippen LogP contribution in [0.25, 0.3) is 5.82 Å². The molecule has 332 valence electrons. The van der Waals surface area contributed by atoms with Crippen molar-refractivity contribution in [2.45, 2.75) is 114 Å². The third-order valence-electron chi connectivity index (χ3n) is 12.6. The number of ether oxygens (including phenoxy) is 3. The maximum Gasteiger partial charge on any atom is 0.410 e. The number of pyridine rings is 2. The quantitative estimate of drug-likeness (QED) is 0.0309. The van der Waals surface area contributed by atoms with Crippen LogP contribution in [0.3, 0.4) is 0 Å². The summed E-state index contributed by atoms with van der Waals surface area (Å²) in [5.41, 5.74) is -0.306. The Morgan fingerprint density at radius 3 is 2.32 bits per heavy atom. The molecule has 4 aliphatic rings. The van der Waals surface area contributed by atoms with E-state index >= 15 is 0 Å². The van der Waals surface area contributed by atoms with Crippen LogP contribution in [0.5, 0.6) is 11.6 Å². The number of rotatable bonds is 16. The van der Waals surface area contributed by atoms with Crippen molar-refractivity contribution < 1.29 is 44.2 Å². The highest BCUT2D eigenvalue weighted by molar-refractivity contribution is 7.97. The number of aromatic nitrogens is 4. The van der Waals surface area contributed by atoms with Crippen molar-refractivity contribution in [1.29, 1.82) is 0 Å². The Bertz CT molecular complexity index is 2290. The zero-order valence-electron chi connectivity index (χ0n) is 35.4. The number of hydrogen-bond donors (Lipinski definition) is 6. The lowest BCUT2D eigenvalue weighted by molar-refractivity contribution is -0.442. The van der Waals surface area contributed by atoms with Crippen molar-refractivity contribution in [3.8, 4) is 17.4 Å². The van der Waals surface area contributed by atoms with Gasteiger partial charge < -0.3 is 44.9 Å². The van der Waals surface area contributed by atoms with Crippen LogP contribution >= 0.6 is 23.5 Å². The molecule has 1 unspecified atom stereocenters. The second-order valence-electron chi connectivity index (χ2n) is 18.6. The first-order valence-corrected chi connectivity index (χ1v) is 22.1. The number of aliphatic hydroxyl groups is 4. The van der Waals surface area contributed by atoms with Crippen molar-refractivity contribution in [3.63, 3.8) is 0 Å². The summed E-state index contributed by atoms with van der Waals surface area (Å²) in [6.45, 7) is 11.3. The number of likely N-dealkylation sites (tertiary alicyclic amines) is 1. The van der Waals surface area contributed by atoms with E-state index in [-0.39, 0.29) is 44.9 Å². The molecular weight excluding hydrogens is 838 g/mol. The molecule has 18 heteroatoms. The predicted octanol–water partition coefficient (Wildman–Crippen LogP) is 6.45. The summed E-state index contributed by atoms with van der Waals surface area (Å²) < 4.78 is 21.1. The van der Waals surface area contributed by atoms with Crippen LogP contribution in [0, 0.1) is 22.7 Å². The standard InChI is InChI=1S/C44H54ClN7O9S/c1-39(2,3)61-38(54)51-25-28(24-40(51,4)5)12-9-22-46-35-30(59-26-27-10-7-6-8-11-27)14-16-33(48-35)62-50-36(53)29-13-15-31(47-34(29)45)52-23-17-32(49-52)60-44(57,58)43(55,56)37-41(18-19-41)42(37)20-21-42/h6-8,10-11,13-17,23,28,37,55-58H,9,12,18-22,24-26H2,1-5H3,(H,46,48)(H,50,53). The molecule has 2 amide bonds. The van der Waals surface area contributed by atoms with E-state index in [9.17, 15) is 30.0 Å². The van der Waals surface area contributed by atoms with Crippen LogP contribution in [-0.2, 0) is 11.3 Å². The second-order valence-corrected chi connectivity index (χ2v) is 19.8. The van der Waals surface area contributed by atoms with Gasteiger partial charge in [0.05, 0.1) is 5.56 Å². The highest BCUT2D eigenvalue weighted by atomic mass is 35.5. The fourth-order valence-corrected chi connectivity index (χ4v) is 10.2. The molecule has 1 atom stereocenters. The van der Waals surface area contributed by atoms with Gasteiger partial charge in [-0.1, -0.05) is 41.9 Å². The lowest BCUT2D eigenvalue weighted by Gasteiger charge is -2.34. The number of carbonyl (C=O) groups excluding carboxylic acids is 2. The smallest absolute Gasteiger partial charge is 0.410 e. The van der Waals surface area contributed by atoms with Gasteiger partial charge in [-0.25, -0.2) is 19.4 Å². The normalized spacial score (nSPS) is 19.6. The number of anilines is 1. The van der Waals surface area contributed by atoms with E-state index in [1.54, 1.807) is 12.1 Å². The van der Waals surface area contributed by atoms with Gasteiger partial charge in [-0.05, 0) is 126 Å². The lowest BCUT2D eigenvalue weighted by Crippen LogP contribution is -2.60. The first-order valence-electron chi connectivity index (χ1n) is 20.9. The molecule has 1 saturated heterocycles. The molecular formula is C44H54ClN7O9S. The van der Waals surface area contributed by atoms with E-state index in [0.29, 0.717) is 42.2 Å². The van der Waals surface area contributed by atoms with Crippen LogP contribution in [0.15, 0.2) is 71.9 Å². The van der Waals surface area contributed by atoms with Crippen molar-refractivity contribution in [2.75, 3.05) is 18.4 Å². The van der Waals surface area contributed by atoms with Crippen LogP contribution in [-0.4, -0.2) is 93.1 Å². The third kappa shape index (κ3) is 8.79. The second kappa shape index (κ2) is 16.2. The van der Waals surface area contributed by atoms with Gasteiger partial charge in [-0.2, -0.15) is 0 Å². The number of hydrogen-bond acceptors (Lipinski definition) is 14. The molecule has 0 bridgehead atoms. The van der Waals surface area contributed by atoms with Gasteiger partial charge in [-0.15, -0.1) is 5.10 Å². The van der Waals surface area contributed by atoms with Gasteiger partial charge in [0.25, 0.3) is 11.7 Å². The van der Waals surface area contributed by atoms with Gasteiger partial charge in [0.2, 0.25) is 5.88 Å². The number of carbonyl (C=O) groups is 2. The zero-order valence-corrected chi connectivity index (χ0v) is 37.0. The van der Waals surface area contributed by atoms with Gasteiger partial charge in [0, 0.05) is 48.8 Å². The van der Waals surface area contributed by atoms with E-state index in [4.69, 9.17) is 30.8 Å². The summed E-state index contributed by atoms with van der Waals surface area (Å²) in [5.74, 6) is -6.16. The van der Waals surface area contributed by atoms with Crippen LogP contribution < -0.4 is 19.5 Å². The minimum absolute atomic E-state index is 0.0792. The van der Waals surface area contributed by atoms with E-state index in [1.165, 1.54) is 29.1 Å². The molecule has 2 spiro atoms. The molecule has 3 saturated carbocycles. The molecule has 6 N–H and O–H groups in total. The molecule has 4 fully saturated rings. The zero-order chi connectivity index (χ0) is 44.3. The maximum atomic E-state index is 13.3. The first kappa shape index (κ1) is 44.0. The summed E-state index contributed by atoms with van der Waals surface area (Å²) >= 11 is 7.48. The number of nitrogens with one attached hydrogen (secondary N) is 2. The summed E-state index contributed by atoms with van der Waals surface area (Å²) in [6.07, 6.45) is 6.99. The number of fused-ring (bicyclic) bond motifs is 1. The number of amides is 2. The number of nitrogens with zero attached hydrogens (tertiary/aromatic N) is 5. The Morgan fingerprint density at radius 1 is 0.952 bits per heavy atom. The number of benzene rings is 1. The number of halogens is 1. The minimum Gasteiger partial charge on any atom is -0.485 e. The van der Waals surface area contributed by atoms with Crippen LogP contribution in [0.1, 0.15) is 95.5 Å². The van der Waals surface area contributed by atoms with Crippen molar-refractivity contribution in [1.82, 2.24) is 29.4 Å². The Hall–Kier alpha value is -4.65. The Balaban J connectivity index is 0.872. The predicted molar refractivity (Wildman–Crippen MR) is 229 cm³/mol. The highest BCUT2D eigenvalue weighted by Gasteiger charge is 2.93. The molecule has 4 aromatic rings. The Morgan fingerprint density at radius 2 is 1.66 bits per heavy atom. The van der Waals surface area contributed by atoms with E-state index < -0.39 is 29.2 Å². The summed E-state index contributed by atoms with van der Waals surface area (Å²) in [4.78, 5) is 37.2. The minimum atomic E-state index is -3.31. The van der Waals surface area contributed by atoms with Crippen LogP contribution in [0.2, 0.25) is 5.15 Å². The highest BCUT2D eigenvalue weighted by Crippen LogP contribution is 2.94. The van der Waals surface area contributed by atoms with Crippen molar-refractivity contribution in [3.05, 3.63) is 83.1 Å². The first-order chi connectivity index (χ1) is 29.2. The topological polar surface area (TPSA) is 214 Å². The van der Waals surface area contributed by atoms with Crippen molar-refractivity contribution >= 4 is 41.4 Å². The lowest BCUT2D eigenvalue weighted by atomic mass is 9.93. The fraction of sp³-hybridized carbons (Fsp3) is 0.523. The molecule has 4 heterocycles. The molecule has 0 radical (unpaired) electrons. The fourth-order valence-electron chi connectivity index (χ4n) is 9.40. The molecule has 1 aliphatic heterocycles. The molecule has 1 aromatic carbocycles. The molecule has 3 aromatic heterocycles.